The first-order chi connectivity index (χ1) is 9.47. The normalized spacial score (nSPS) is 11.1. The summed E-state index contributed by atoms with van der Waals surface area (Å²) in [5.41, 5.74) is 2.01. The van der Waals surface area contributed by atoms with Crippen LogP contribution in [0.15, 0.2) is 35.3 Å². The van der Waals surface area contributed by atoms with Crippen LogP contribution in [0.2, 0.25) is 10.0 Å². The van der Waals surface area contributed by atoms with E-state index in [1.54, 1.807) is 0 Å². The fourth-order valence-electron chi connectivity index (χ4n) is 1.83. The second-order valence-corrected chi connectivity index (χ2v) is 5.54. The number of nitrogens with zero attached hydrogens (tertiary/aromatic N) is 3. The fraction of sp³-hybridized carbons (Fsp3) is 0.286. The standard InChI is InChI=1S/C14H15Cl2N3O/c1-10-3-5-11(6-4-10)8-18(2)9-19-14(20)13(16)12(15)7-17-19/h3-7H,8-9H2,1-2H3. The van der Waals surface area contributed by atoms with Crippen LogP contribution in [0, 0.1) is 6.92 Å². The molecule has 0 unspecified atom stereocenters. The molecule has 20 heavy (non-hydrogen) atoms. The number of aromatic nitrogens is 2. The molecular formula is C14H15Cl2N3O. The number of rotatable bonds is 4. The average Bonchev–Trinajstić information content (AvgIpc) is 2.42. The second-order valence-electron chi connectivity index (χ2n) is 4.75. The van der Waals surface area contributed by atoms with E-state index in [-0.39, 0.29) is 15.6 Å². The van der Waals surface area contributed by atoms with Crippen molar-refractivity contribution in [3.8, 4) is 0 Å². The van der Waals surface area contributed by atoms with Crippen molar-refractivity contribution >= 4 is 23.2 Å². The topological polar surface area (TPSA) is 38.1 Å². The van der Waals surface area contributed by atoms with Gasteiger partial charge in [0.1, 0.15) is 5.02 Å². The van der Waals surface area contributed by atoms with Gasteiger partial charge in [-0.1, -0.05) is 53.0 Å². The molecule has 2 rings (SSSR count). The Balaban J connectivity index is 2.08. The van der Waals surface area contributed by atoms with E-state index >= 15 is 0 Å². The van der Waals surface area contributed by atoms with Gasteiger partial charge in [0.2, 0.25) is 0 Å². The van der Waals surface area contributed by atoms with Gasteiger partial charge in [0.05, 0.1) is 17.9 Å². The SMILES string of the molecule is Cc1ccc(CN(C)Cn2ncc(Cl)c(Cl)c2=O)cc1. The first kappa shape index (κ1) is 15.0. The van der Waals surface area contributed by atoms with E-state index in [1.807, 2.05) is 18.9 Å². The zero-order valence-electron chi connectivity index (χ0n) is 11.3. The summed E-state index contributed by atoms with van der Waals surface area (Å²) in [5, 5.41) is 4.16. The predicted octanol–water partition coefficient (Wildman–Crippen LogP) is 2.95. The second kappa shape index (κ2) is 6.39. The minimum absolute atomic E-state index is 0.00500. The fourth-order valence-corrected chi connectivity index (χ4v) is 2.10. The number of hydrogen-bond donors (Lipinski definition) is 0. The summed E-state index contributed by atoms with van der Waals surface area (Å²) in [4.78, 5) is 13.9. The molecule has 6 heteroatoms. The third-order valence-corrected chi connectivity index (χ3v) is 3.64. The lowest BCUT2D eigenvalue weighted by molar-refractivity contribution is 0.240. The van der Waals surface area contributed by atoms with Gasteiger partial charge in [-0.05, 0) is 19.5 Å². The third-order valence-electron chi connectivity index (χ3n) is 2.89. The van der Waals surface area contributed by atoms with Crippen molar-refractivity contribution in [2.45, 2.75) is 20.1 Å². The Labute approximate surface area is 127 Å². The average molecular weight is 312 g/mol. The van der Waals surface area contributed by atoms with Crippen LogP contribution in [0.4, 0.5) is 0 Å². The Morgan fingerprint density at radius 1 is 1.25 bits per heavy atom. The first-order valence-electron chi connectivity index (χ1n) is 6.12. The molecule has 0 N–H and O–H groups in total. The zero-order valence-corrected chi connectivity index (χ0v) is 12.8. The Hall–Kier alpha value is -1.36. The van der Waals surface area contributed by atoms with E-state index in [9.17, 15) is 4.79 Å². The molecule has 2 aromatic rings. The molecule has 0 saturated heterocycles. The van der Waals surface area contributed by atoms with E-state index in [0.717, 1.165) is 0 Å². The molecular weight excluding hydrogens is 297 g/mol. The highest BCUT2D eigenvalue weighted by atomic mass is 35.5. The van der Waals surface area contributed by atoms with E-state index in [1.165, 1.54) is 22.0 Å². The lowest BCUT2D eigenvalue weighted by Gasteiger charge is -2.17. The Morgan fingerprint density at radius 2 is 1.90 bits per heavy atom. The van der Waals surface area contributed by atoms with Gasteiger partial charge in [-0.15, -0.1) is 0 Å². The minimum Gasteiger partial charge on any atom is -0.283 e. The van der Waals surface area contributed by atoms with Crippen LogP contribution in [-0.2, 0) is 13.2 Å². The number of halogens is 2. The molecule has 0 fully saturated rings. The van der Waals surface area contributed by atoms with Crippen LogP contribution < -0.4 is 5.56 Å². The van der Waals surface area contributed by atoms with Gasteiger partial charge in [0, 0.05) is 6.54 Å². The van der Waals surface area contributed by atoms with Gasteiger partial charge in [0.25, 0.3) is 5.56 Å². The highest BCUT2D eigenvalue weighted by Gasteiger charge is 2.09. The van der Waals surface area contributed by atoms with Crippen molar-refractivity contribution in [3.05, 3.63) is 62.0 Å². The zero-order chi connectivity index (χ0) is 14.7. The van der Waals surface area contributed by atoms with Gasteiger partial charge in [-0.25, -0.2) is 4.68 Å². The van der Waals surface area contributed by atoms with Crippen LogP contribution in [-0.4, -0.2) is 21.7 Å². The predicted molar refractivity (Wildman–Crippen MR) is 81.2 cm³/mol. The maximum Gasteiger partial charge on any atom is 0.288 e. The molecule has 1 aromatic heterocycles. The van der Waals surface area contributed by atoms with Crippen molar-refractivity contribution in [3.63, 3.8) is 0 Å². The Kier molecular flexibility index (Phi) is 4.81. The van der Waals surface area contributed by atoms with Gasteiger partial charge in [-0.3, -0.25) is 9.69 Å². The highest BCUT2D eigenvalue weighted by Crippen LogP contribution is 2.14. The van der Waals surface area contributed by atoms with Gasteiger partial charge >= 0.3 is 0 Å². The highest BCUT2D eigenvalue weighted by molar-refractivity contribution is 6.41. The summed E-state index contributed by atoms with van der Waals surface area (Å²) in [6.07, 6.45) is 1.38. The van der Waals surface area contributed by atoms with Gasteiger partial charge < -0.3 is 0 Å². The molecule has 0 aliphatic rings. The number of aryl methyl sites for hydroxylation is 1. The van der Waals surface area contributed by atoms with Crippen LogP contribution in [0.1, 0.15) is 11.1 Å². The molecule has 0 radical (unpaired) electrons. The Bertz CT molecular complexity index is 652. The summed E-state index contributed by atoms with van der Waals surface area (Å²) in [6.45, 7) is 3.12. The molecule has 1 aromatic carbocycles. The third kappa shape index (κ3) is 3.60. The summed E-state index contributed by atoms with van der Waals surface area (Å²) in [6, 6.07) is 8.26. The van der Waals surface area contributed by atoms with Crippen molar-refractivity contribution in [2.75, 3.05) is 7.05 Å². The smallest absolute Gasteiger partial charge is 0.283 e. The lowest BCUT2D eigenvalue weighted by atomic mass is 10.1. The molecule has 0 bridgehead atoms. The molecule has 0 atom stereocenters. The molecule has 0 aliphatic carbocycles. The van der Waals surface area contributed by atoms with E-state index in [4.69, 9.17) is 23.2 Å². The first-order valence-corrected chi connectivity index (χ1v) is 6.88. The van der Waals surface area contributed by atoms with Crippen LogP contribution in [0.3, 0.4) is 0 Å². The van der Waals surface area contributed by atoms with Crippen LogP contribution >= 0.6 is 23.2 Å². The monoisotopic (exact) mass is 311 g/mol. The summed E-state index contributed by atoms with van der Waals surface area (Å²) in [7, 11) is 1.91. The van der Waals surface area contributed by atoms with E-state index in [2.05, 4.69) is 29.4 Å². The van der Waals surface area contributed by atoms with E-state index < -0.39 is 0 Å². The molecule has 0 amide bonds. The number of hydrogen-bond acceptors (Lipinski definition) is 3. The molecule has 0 aliphatic heterocycles. The van der Waals surface area contributed by atoms with Crippen LogP contribution in [0.5, 0.6) is 0 Å². The molecule has 106 valence electrons. The Morgan fingerprint density at radius 3 is 2.55 bits per heavy atom. The van der Waals surface area contributed by atoms with E-state index in [0.29, 0.717) is 13.2 Å². The summed E-state index contributed by atoms with van der Waals surface area (Å²) in [5.74, 6) is 0. The number of benzene rings is 1. The van der Waals surface area contributed by atoms with Gasteiger partial charge in [-0.2, -0.15) is 5.10 Å². The largest absolute Gasteiger partial charge is 0.288 e. The van der Waals surface area contributed by atoms with Crippen molar-refractivity contribution in [1.82, 2.24) is 14.7 Å². The minimum atomic E-state index is -0.380. The molecule has 0 saturated carbocycles. The maximum absolute atomic E-state index is 11.9. The molecule has 4 nitrogen and oxygen atoms in total. The maximum atomic E-state index is 11.9. The van der Waals surface area contributed by atoms with Crippen molar-refractivity contribution in [1.29, 1.82) is 0 Å². The lowest BCUT2D eigenvalue weighted by Crippen LogP contribution is -2.31. The quantitative estimate of drug-likeness (QED) is 0.871. The molecule has 1 heterocycles. The summed E-state index contributed by atoms with van der Waals surface area (Å²) < 4.78 is 1.29. The van der Waals surface area contributed by atoms with Crippen molar-refractivity contribution in [2.24, 2.45) is 0 Å². The van der Waals surface area contributed by atoms with Crippen molar-refractivity contribution < 1.29 is 0 Å². The molecule has 0 spiro atoms. The van der Waals surface area contributed by atoms with Crippen LogP contribution in [0.25, 0.3) is 0 Å². The summed E-state index contributed by atoms with van der Waals surface area (Å²) >= 11 is 11.6. The van der Waals surface area contributed by atoms with Gasteiger partial charge in [0.15, 0.2) is 0 Å².